The maximum absolute atomic E-state index is 4.48. The third-order valence-corrected chi connectivity index (χ3v) is 4.43. The quantitative estimate of drug-likeness (QED) is 0.688. The van der Waals surface area contributed by atoms with Gasteiger partial charge in [0.25, 0.3) is 0 Å². The van der Waals surface area contributed by atoms with Crippen molar-refractivity contribution >= 4 is 5.70 Å². The van der Waals surface area contributed by atoms with Crippen molar-refractivity contribution in [1.29, 1.82) is 0 Å². The molecule has 2 aromatic heterocycles. The van der Waals surface area contributed by atoms with E-state index in [1.165, 1.54) is 11.1 Å². The number of hydrogen-bond acceptors (Lipinski definition) is 3. The molecule has 0 unspecified atom stereocenters. The molecule has 0 N–H and O–H groups in total. The molecule has 0 saturated heterocycles. The summed E-state index contributed by atoms with van der Waals surface area (Å²) in [6.07, 6.45) is 5.65. The highest BCUT2D eigenvalue weighted by Gasteiger charge is 2.20. The van der Waals surface area contributed by atoms with Crippen molar-refractivity contribution < 1.29 is 0 Å². The van der Waals surface area contributed by atoms with Crippen molar-refractivity contribution in [3.8, 4) is 16.8 Å². The third kappa shape index (κ3) is 2.14. The van der Waals surface area contributed by atoms with Crippen LogP contribution in [-0.2, 0) is 6.54 Å². The van der Waals surface area contributed by atoms with Crippen LogP contribution in [0.2, 0.25) is 0 Å². The lowest BCUT2D eigenvalue weighted by Crippen LogP contribution is -2.14. The van der Waals surface area contributed by atoms with Gasteiger partial charge in [-0.3, -0.25) is 9.55 Å². The number of hydrogen-bond donors (Lipinski definition) is 0. The van der Waals surface area contributed by atoms with E-state index in [1.807, 2.05) is 31.6 Å². The van der Waals surface area contributed by atoms with Crippen molar-refractivity contribution in [2.24, 2.45) is 0 Å². The van der Waals surface area contributed by atoms with Crippen LogP contribution in [0.3, 0.4) is 0 Å². The van der Waals surface area contributed by atoms with E-state index < -0.39 is 0 Å². The minimum atomic E-state index is 0.823. The largest absolute Gasteiger partial charge is 0.368 e. The molecule has 1 aromatic carbocycles. The third-order valence-electron chi connectivity index (χ3n) is 4.43. The molecular formula is C19H18N4. The molecule has 1 aliphatic heterocycles. The summed E-state index contributed by atoms with van der Waals surface area (Å²) in [5.74, 6) is 0.895. The molecule has 0 saturated carbocycles. The molecule has 0 radical (unpaired) electrons. The van der Waals surface area contributed by atoms with Crippen LogP contribution < -0.4 is 0 Å². The van der Waals surface area contributed by atoms with Gasteiger partial charge in [-0.15, -0.1) is 0 Å². The number of rotatable bonds is 1. The summed E-state index contributed by atoms with van der Waals surface area (Å²) in [6, 6.07) is 10.7. The van der Waals surface area contributed by atoms with Gasteiger partial charge in [0.1, 0.15) is 0 Å². The predicted octanol–water partition coefficient (Wildman–Crippen LogP) is 3.66. The fourth-order valence-electron chi connectivity index (χ4n) is 3.11. The fourth-order valence-corrected chi connectivity index (χ4v) is 3.11. The van der Waals surface area contributed by atoms with Crippen molar-refractivity contribution in [3.05, 3.63) is 72.6 Å². The lowest BCUT2D eigenvalue weighted by atomic mass is 10.0. The van der Waals surface area contributed by atoms with Crippen LogP contribution in [0.5, 0.6) is 0 Å². The van der Waals surface area contributed by atoms with E-state index in [2.05, 4.69) is 57.3 Å². The summed E-state index contributed by atoms with van der Waals surface area (Å²) < 4.78 is 2.12. The first-order chi connectivity index (χ1) is 11.1. The highest BCUT2D eigenvalue weighted by atomic mass is 15.2. The molecule has 114 valence electrons. The van der Waals surface area contributed by atoms with Gasteiger partial charge < -0.3 is 4.90 Å². The van der Waals surface area contributed by atoms with Crippen LogP contribution in [0.25, 0.3) is 22.5 Å². The first-order valence-corrected chi connectivity index (χ1v) is 7.64. The van der Waals surface area contributed by atoms with E-state index in [0.29, 0.717) is 0 Å². The van der Waals surface area contributed by atoms with Gasteiger partial charge in [0.2, 0.25) is 0 Å². The molecule has 0 spiro atoms. The monoisotopic (exact) mass is 302 g/mol. The van der Waals surface area contributed by atoms with Gasteiger partial charge >= 0.3 is 0 Å². The van der Waals surface area contributed by atoms with Gasteiger partial charge in [0.05, 0.1) is 11.4 Å². The number of aromatic nitrogens is 3. The van der Waals surface area contributed by atoms with E-state index in [9.17, 15) is 0 Å². The Kier molecular flexibility index (Phi) is 3.05. The van der Waals surface area contributed by atoms with Crippen molar-refractivity contribution in [2.75, 3.05) is 7.05 Å². The predicted molar refractivity (Wildman–Crippen MR) is 92.0 cm³/mol. The average molecular weight is 302 g/mol. The zero-order chi connectivity index (χ0) is 16.0. The van der Waals surface area contributed by atoms with Gasteiger partial charge in [-0.2, -0.15) is 0 Å². The first-order valence-electron chi connectivity index (χ1n) is 7.64. The minimum absolute atomic E-state index is 0.823. The van der Waals surface area contributed by atoms with Crippen LogP contribution >= 0.6 is 0 Å². The molecule has 3 aromatic rings. The second kappa shape index (κ2) is 5.09. The van der Waals surface area contributed by atoms with Gasteiger partial charge in [0.15, 0.2) is 5.82 Å². The molecule has 4 rings (SSSR count). The van der Waals surface area contributed by atoms with Gasteiger partial charge in [-0.05, 0) is 30.2 Å². The van der Waals surface area contributed by atoms with Crippen molar-refractivity contribution in [3.63, 3.8) is 0 Å². The number of benzene rings is 1. The van der Waals surface area contributed by atoms with Gasteiger partial charge in [-0.25, -0.2) is 4.98 Å². The average Bonchev–Trinajstić information content (AvgIpc) is 3.01. The van der Waals surface area contributed by atoms with E-state index in [1.54, 1.807) is 0 Å². The lowest BCUT2D eigenvalue weighted by molar-refractivity contribution is 0.478. The highest BCUT2D eigenvalue weighted by Crippen LogP contribution is 2.32. The Morgan fingerprint density at radius 1 is 1.13 bits per heavy atom. The van der Waals surface area contributed by atoms with E-state index >= 15 is 0 Å². The van der Waals surface area contributed by atoms with Crippen LogP contribution in [-0.4, -0.2) is 26.5 Å². The zero-order valence-corrected chi connectivity index (χ0v) is 13.3. The van der Waals surface area contributed by atoms with E-state index in [4.69, 9.17) is 0 Å². The molecule has 0 bridgehead atoms. The summed E-state index contributed by atoms with van der Waals surface area (Å²) in [7, 11) is 2.05. The molecule has 0 atom stereocenters. The van der Waals surface area contributed by atoms with Crippen molar-refractivity contribution in [1.82, 2.24) is 19.4 Å². The smallest absolute Gasteiger partial charge is 0.160 e. The number of nitrogens with zero attached hydrogens (tertiary/aromatic N) is 4. The Bertz CT molecular complexity index is 907. The van der Waals surface area contributed by atoms with E-state index in [-0.39, 0.29) is 0 Å². The molecule has 0 amide bonds. The first kappa shape index (κ1) is 13.8. The fraction of sp³-hybridized carbons (Fsp3) is 0.158. The van der Waals surface area contributed by atoms with Crippen LogP contribution in [0, 0.1) is 6.92 Å². The normalized spacial score (nSPS) is 13.5. The van der Waals surface area contributed by atoms with E-state index in [0.717, 1.165) is 35.0 Å². The van der Waals surface area contributed by atoms with Gasteiger partial charge in [0, 0.05) is 43.4 Å². The number of imidazole rings is 1. The molecule has 4 nitrogen and oxygen atoms in total. The molecule has 1 aliphatic rings. The maximum atomic E-state index is 4.48. The molecule has 3 heterocycles. The SMILES string of the molecule is C=C1c2nccn2-c2cc(-c3cccnc3C)ccc2CN1C. The van der Waals surface area contributed by atoms with Crippen LogP contribution in [0.1, 0.15) is 17.1 Å². The second-order valence-corrected chi connectivity index (χ2v) is 5.90. The topological polar surface area (TPSA) is 34.0 Å². The molecule has 0 fully saturated rings. The number of fused-ring (bicyclic) bond motifs is 3. The Labute approximate surface area is 135 Å². The Morgan fingerprint density at radius 3 is 2.83 bits per heavy atom. The molecule has 0 aliphatic carbocycles. The summed E-state index contributed by atoms with van der Waals surface area (Å²) in [5, 5.41) is 0. The van der Waals surface area contributed by atoms with Crippen LogP contribution in [0.4, 0.5) is 0 Å². The summed E-state index contributed by atoms with van der Waals surface area (Å²) >= 11 is 0. The zero-order valence-electron chi connectivity index (χ0n) is 13.3. The minimum Gasteiger partial charge on any atom is -0.368 e. The molecular weight excluding hydrogens is 284 g/mol. The molecule has 4 heteroatoms. The summed E-state index contributed by atoms with van der Waals surface area (Å²) in [4.78, 5) is 11.0. The Morgan fingerprint density at radius 2 is 2.00 bits per heavy atom. The summed E-state index contributed by atoms with van der Waals surface area (Å²) in [6.45, 7) is 7.04. The van der Waals surface area contributed by atoms with Crippen molar-refractivity contribution in [2.45, 2.75) is 13.5 Å². The Hall–Kier alpha value is -2.88. The standard InChI is InChI=1S/C19H18N4/c1-13-17(5-4-8-20-13)15-6-7-16-12-22(3)14(2)19-21-9-10-23(19)18(16)11-15/h4-11H,2,12H2,1,3H3. The van der Waals surface area contributed by atoms with Gasteiger partial charge in [-0.1, -0.05) is 24.8 Å². The summed E-state index contributed by atoms with van der Waals surface area (Å²) in [5.41, 5.74) is 6.72. The number of aryl methyl sites for hydroxylation is 1. The maximum Gasteiger partial charge on any atom is 0.160 e. The second-order valence-electron chi connectivity index (χ2n) is 5.90. The highest BCUT2D eigenvalue weighted by molar-refractivity contribution is 5.71. The van der Waals surface area contributed by atoms with Crippen LogP contribution in [0.15, 0.2) is 55.5 Å². The molecule has 23 heavy (non-hydrogen) atoms. The lowest BCUT2D eigenvalue weighted by Gasteiger charge is -2.17. The number of pyridine rings is 1. The Balaban J connectivity index is 1.94.